The number of benzene rings is 2. The van der Waals surface area contributed by atoms with Gasteiger partial charge in [-0.15, -0.1) is 0 Å². The van der Waals surface area contributed by atoms with E-state index >= 15 is 0 Å². The molecule has 1 saturated heterocycles. The van der Waals surface area contributed by atoms with Crippen molar-refractivity contribution in [2.45, 2.75) is 25.4 Å². The van der Waals surface area contributed by atoms with Crippen LogP contribution >= 0.6 is 0 Å². The minimum absolute atomic E-state index is 0.0238. The zero-order valence-electron chi connectivity index (χ0n) is 13.5. The lowest BCUT2D eigenvalue weighted by Gasteiger charge is -2.33. The number of nitrogens with zero attached hydrogens (tertiary/aromatic N) is 2. The first-order valence-electron chi connectivity index (χ1n) is 8.18. The number of hydrogen-bond donors (Lipinski definition) is 2. The van der Waals surface area contributed by atoms with Crippen molar-refractivity contribution in [3.63, 3.8) is 0 Å². The van der Waals surface area contributed by atoms with Crippen LogP contribution in [0.3, 0.4) is 0 Å². The zero-order chi connectivity index (χ0) is 16.9. The molecule has 0 unspecified atom stereocenters. The van der Waals surface area contributed by atoms with Crippen molar-refractivity contribution in [1.82, 2.24) is 4.90 Å². The Hall–Kier alpha value is -2.60. The van der Waals surface area contributed by atoms with Crippen molar-refractivity contribution in [1.29, 1.82) is 0 Å². The second-order valence-corrected chi connectivity index (χ2v) is 6.21. The van der Waals surface area contributed by atoms with Gasteiger partial charge in [0.1, 0.15) is 0 Å². The molecule has 0 amide bonds. The number of likely N-dealkylation sites (tertiary alicyclic amines) is 1. The molecule has 3 rings (SSSR count). The van der Waals surface area contributed by atoms with Crippen LogP contribution in [0.4, 0.5) is 17.1 Å². The number of hydrogen-bond acceptors (Lipinski definition) is 5. The molecule has 1 aliphatic rings. The van der Waals surface area contributed by atoms with Gasteiger partial charge in [-0.3, -0.25) is 15.0 Å². The summed E-state index contributed by atoms with van der Waals surface area (Å²) in [5, 5.41) is 14.2. The van der Waals surface area contributed by atoms with E-state index in [1.807, 2.05) is 6.07 Å². The molecule has 24 heavy (non-hydrogen) atoms. The Morgan fingerprint density at radius 3 is 2.50 bits per heavy atom. The Balaban J connectivity index is 1.53. The predicted molar refractivity (Wildman–Crippen MR) is 95.9 cm³/mol. The van der Waals surface area contributed by atoms with Crippen molar-refractivity contribution in [3.8, 4) is 0 Å². The summed E-state index contributed by atoms with van der Waals surface area (Å²) in [5.41, 5.74) is 8.50. The highest BCUT2D eigenvalue weighted by Gasteiger charge is 2.20. The number of non-ortho nitro benzene ring substituents is 1. The maximum atomic E-state index is 10.8. The molecule has 0 atom stereocenters. The van der Waals surface area contributed by atoms with Crippen molar-refractivity contribution >= 4 is 17.1 Å². The van der Waals surface area contributed by atoms with Crippen LogP contribution in [0.15, 0.2) is 48.5 Å². The number of nitrogens with one attached hydrogen (secondary N) is 1. The SMILES string of the molecule is Nc1cc([N+](=O)[O-])ccc1NC1CCN(Cc2ccccc2)CC1. The molecule has 1 heterocycles. The quantitative estimate of drug-likeness (QED) is 0.500. The predicted octanol–water partition coefficient (Wildman–Crippen LogP) is 3.25. The van der Waals surface area contributed by atoms with E-state index in [1.54, 1.807) is 6.07 Å². The molecular formula is C18H22N4O2. The normalized spacial score (nSPS) is 16.0. The molecule has 2 aromatic rings. The summed E-state index contributed by atoms with van der Waals surface area (Å²) in [4.78, 5) is 12.8. The summed E-state index contributed by atoms with van der Waals surface area (Å²) in [6.45, 7) is 3.03. The lowest BCUT2D eigenvalue weighted by atomic mass is 10.0. The van der Waals surface area contributed by atoms with E-state index in [0.29, 0.717) is 11.7 Å². The summed E-state index contributed by atoms with van der Waals surface area (Å²) in [7, 11) is 0. The third-order valence-corrected chi connectivity index (χ3v) is 4.44. The Morgan fingerprint density at radius 2 is 1.88 bits per heavy atom. The third-order valence-electron chi connectivity index (χ3n) is 4.44. The first-order chi connectivity index (χ1) is 11.6. The summed E-state index contributed by atoms with van der Waals surface area (Å²) >= 11 is 0. The minimum Gasteiger partial charge on any atom is -0.397 e. The second kappa shape index (κ2) is 7.31. The molecule has 0 spiro atoms. The number of nitro benzene ring substituents is 1. The highest BCUT2D eigenvalue weighted by molar-refractivity contribution is 5.69. The number of rotatable bonds is 5. The fourth-order valence-corrected chi connectivity index (χ4v) is 3.09. The van der Waals surface area contributed by atoms with Crippen molar-refractivity contribution in [2.24, 2.45) is 0 Å². The van der Waals surface area contributed by atoms with Crippen molar-refractivity contribution in [3.05, 3.63) is 64.2 Å². The van der Waals surface area contributed by atoms with E-state index < -0.39 is 4.92 Å². The van der Waals surface area contributed by atoms with Crippen molar-refractivity contribution < 1.29 is 4.92 Å². The average molecular weight is 326 g/mol. The van der Waals surface area contributed by atoms with Crippen LogP contribution in [-0.4, -0.2) is 29.0 Å². The lowest BCUT2D eigenvalue weighted by molar-refractivity contribution is -0.384. The topological polar surface area (TPSA) is 84.4 Å². The van der Waals surface area contributed by atoms with Crippen LogP contribution in [-0.2, 0) is 6.54 Å². The Labute approximate surface area is 141 Å². The van der Waals surface area contributed by atoms with Gasteiger partial charge in [-0.25, -0.2) is 0 Å². The molecule has 6 nitrogen and oxygen atoms in total. The van der Waals surface area contributed by atoms with Crippen molar-refractivity contribution in [2.75, 3.05) is 24.1 Å². The molecular weight excluding hydrogens is 304 g/mol. The van der Waals surface area contributed by atoms with Gasteiger partial charge in [0.15, 0.2) is 0 Å². The maximum Gasteiger partial charge on any atom is 0.271 e. The molecule has 6 heteroatoms. The van der Waals surface area contributed by atoms with Gasteiger partial charge in [-0.1, -0.05) is 30.3 Å². The zero-order valence-corrected chi connectivity index (χ0v) is 13.5. The van der Waals surface area contributed by atoms with Crippen LogP contribution in [0.25, 0.3) is 0 Å². The summed E-state index contributed by atoms with van der Waals surface area (Å²) in [6.07, 6.45) is 2.06. The van der Waals surface area contributed by atoms with Gasteiger partial charge < -0.3 is 11.1 Å². The Bertz CT molecular complexity index is 697. The maximum absolute atomic E-state index is 10.8. The van der Waals surface area contributed by atoms with E-state index in [0.717, 1.165) is 38.2 Å². The van der Waals surface area contributed by atoms with Gasteiger partial charge in [-0.2, -0.15) is 0 Å². The second-order valence-electron chi connectivity index (χ2n) is 6.21. The Morgan fingerprint density at radius 1 is 1.17 bits per heavy atom. The van der Waals surface area contributed by atoms with Gasteiger partial charge >= 0.3 is 0 Å². The van der Waals surface area contributed by atoms with Gasteiger partial charge in [0, 0.05) is 37.8 Å². The minimum atomic E-state index is -0.428. The number of nitrogen functional groups attached to an aromatic ring is 1. The number of anilines is 2. The van der Waals surface area contributed by atoms with Gasteiger partial charge in [-0.05, 0) is 24.5 Å². The molecule has 0 aliphatic carbocycles. The van der Waals surface area contributed by atoms with E-state index in [1.165, 1.54) is 17.7 Å². The molecule has 2 aromatic carbocycles. The van der Waals surface area contributed by atoms with Crippen LogP contribution in [0.1, 0.15) is 18.4 Å². The summed E-state index contributed by atoms with van der Waals surface area (Å²) < 4.78 is 0. The highest BCUT2D eigenvalue weighted by Crippen LogP contribution is 2.26. The van der Waals surface area contributed by atoms with Gasteiger partial charge in [0.05, 0.1) is 16.3 Å². The molecule has 0 radical (unpaired) electrons. The molecule has 0 aromatic heterocycles. The number of nitro groups is 1. The monoisotopic (exact) mass is 326 g/mol. The van der Waals surface area contributed by atoms with Gasteiger partial charge in [0.2, 0.25) is 0 Å². The smallest absolute Gasteiger partial charge is 0.271 e. The highest BCUT2D eigenvalue weighted by atomic mass is 16.6. The molecule has 0 bridgehead atoms. The molecule has 3 N–H and O–H groups in total. The average Bonchev–Trinajstić information content (AvgIpc) is 2.59. The molecule has 1 fully saturated rings. The van der Waals surface area contributed by atoms with Crippen LogP contribution in [0, 0.1) is 10.1 Å². The number of piperidine rings is 1. The van der Waals surface area contributed by atoms with Crippen LogP contribution in [0.2, 0.25) is 0 Å². The van der Waals surface area contributed by atoms with E-state index in [9.17, 15) is 10.1 Å². The van der Waals surface area contributed by atoms with Crippen LogP contribution < -0.4 is 11.1 Å². The van der Waals surface area contributed by atoms with Crippen LogP contribution in [0.5, 0.6) is 0 Å². The first-order valence-corrected chi connectivity index (χ1v) is 8.18. The standard InChI is InChI=1S/C18H22N4O2/c19-17-12-16(22(23)24)6-7-18(17)20-15-8-10-21(11-9-15)13-14-4-2-1-3-5-14/h1-7,12,15,20H,8-11,13,19H2. The van der Waals surface area contributed by atoms with E-state index in [4.69, 9.17) is 5.73 Å². The third kappa shape index (κ3) is 4.02. The lowest BCUT2D eigenvalue weighted by Crippen LogP contribution is -2.38. The Kier molecular flexibility index (Phi) is 4.96. The fourth-order valence-electron chi connectivity index (χ4n) is 3.09. The van der Waals surface area contributed by atoms with E-state index in [2.05, 4.69) is 34.5 Å². The molecule has 126 valence electrons. The first kappa shape index (κ1) is 16.3. The van der Waals surface area contributed by atoms with Gasteiger partial charge in [0.25, 0.3) is 5.69 Å². The summed E-state index contributed by atoms with van der Waals surface area (Å²) in [6, 6.07) is 15.4. The fraction of sp³-hybridized carbons (Fsp3) is 0.333. The molecule has 0 saturated carbocycles. The number of nitrogens with two attached hydrogens (primary N) is 1. The van der Waals surface area contributed by atoms with E-state index in [-0.39, 0.29) is 5.69 Å². The molecule has 1 aliphatic heterocycles. The summed E-state index contributed by atoms with van der Waals surface area (Å²) in [5.74, 6) is 0. The largest absolute Gasteiger partial charge is 0.397 e.